The molecule has 0 spiro atoms. The lowest BCUT2D eigenvalue weighted by Crippen LogP contribution is -2.42. The van der Waals surface area contributed by atoms with Crippen molar-refractivity contribution in [2.45, 2.75) is 38.3 Å². The summed E-state index contributed by atoms with van der Waals surface area (Å²) < 4.78 is 7.98. The van der Waals surface area contributed by atoms with E-state index in [1.807, 2.05) is 29.2 Å². The second-order valence-electron chi connectivity index (χ2n) is 7.00. The molecule has 0 amide bonds. The zero-order chi connectivity index (χ0) is 16.2. The normalized spacial score (nSPS) is 24.2. The van der Waals surface area contributed by atoms with Crippen molar-refractivity contribution >= 4 is 5.65 Å². The van der Waals surface area contributed by atoms with Crippen molar-refractivity contribution in [2.75, 3.05) is 39.3 Å². The molecule has 2 aliphatic heterocycles. The minimum absolute atomic E-state index is 0.320. The number of likely N-dealkylation sites (tertiary alicyclic amines) is 1. The molecular formula is C18H27N5O. The van der Waals surface area contributed by atoms with Crippen molar-refractivity contribution in [1.82, 2.24) is 24.4 Å². The first-order valence-electron chi connectivity index (χ1n) is 9.22. The Morgan fingerprint density at radius 1 is 1.08 bits per heavy atom. The zero-order valence-electron chi connectivity index (χ0n) is 14.3. The fourth-order valence-corrected chi connectivity index (χ4v) is 3.88. The maximum atomic E-state index is 6.12. The number of hydrogen-bond acceptors (Lipinski definition) is 5. The molecular weight excluding hydrogens is 302 g/mol. The third-order valence-corrected chi connectivity index (χ3v) is 5.09. The van der Waals surface area contributed by atoms with Gasteiger partial charge < -0.3 is 9.64 Å². The molecule has 0 N–H and O–H groups in total. The largest absolute Gasteiger partial charge is 0.376 e. The molecule has 0 unspecified atom stereocenters. The lowest BCUT2D eigenvalue weighted by Gasteiger charge is -2.31. The maximum absolute atomic E-state index is 6.12. The summed E-state index contributed by atoms with van der Waals surface area (Å²) >= 11 is 0. The molecule has 0 aromatic carbocycles. The van der Waals surface area contributed by atoms with E-state index in [1.54, 1.807) is 0 Å². The van der Waals surface area contributed by atoms with E-state index in [1.165, 1.54) is 37.9 Å². The molecule has 0 bridgehead atoms. The summed E-state index contributed by atoms with van der Waals surface area (Å²) in [5.74, 6) is 0. The highest BCUT2D eigenvalue weighted by atomic mass is 16.5. The van der Waals surface area contributed by atoms with Crippen LogP contribution in [-0.2, 0) is 11.3 Å². The van der Waals surface area contributed by atoms with Gasteiger partial charge in [0.1, 0.15) is 0 Å². The standard InChI is InChI=1S/C18H27N5O/c1-2-7-21(8-3-1)14-17-15-22(9-5-11-24-17)13-16-12-20-23-10-4-6-19-18(16)23/h4,6,10,12,17H,1-3,5,7-9,11,13-15H2/t17-/m1/s1. The molecule has 2 aromatic rings. The summed E-state index contributed by atoms with van der Waals surface area (Å²) in [6.07, 6.45) is 11.2. The van der Waals surface area contributed by atoms with Crippen LogP contribution >= 0.6 is 0 Å². The van der Waals surface area contributed by atoms with Crippen LogP contribution in [0.1, 0.15) is 31.2 Å². The van der Waals surface area contributed by atoms with Gasteiger partial charge in [0, 0.05) is 50.7 Å². The Labute approximate surface area is 143 Å². The number of aromatic nitrogens is 3. The highest BCUT2D eigenvalue weighted by molar-refractivity contribution is 5.45. The molecule has 2 aromatic heterocycles. The van der Waals surface area contributed by atoms with E-state index in [0.29, 0.717) is 6.10 Å². The van der Waals surface area contributed by atoms with Gasteiger partial charge in [0.25, 0.3) is 0 Å². The first-order chi connectivity index (χ1) is 11.9. The van der Waals surface area contributed by atoms with Crippen LogP contribution in [0.3, 0.4) is 0 Å². The second-order valence-corrected chi connectivity index (χ2v) is 7.00. The van der Waals surface area contributed by atoms with Crippen molar-refractivity contribution in [2.24, 2.45) is 0 Å². The minimum atomic E-state index is 0.320. The Morgan fingerprint density at radius 2 is 1.96 bits per heavy atom. The van der Waals surface area contributed by atoms with Gasteiger partial charge in [0.05, 0.1) is 12.3 Å². The van der Waals surface area contributed by atoms with Crippen LogP contribution in [0.4, 0.5) is 0 Å². The topological polar surface area (TPSA) is 45.9 Å². The third-order valence-electron chi connectivity index (χ3n) is 5.09. The van der Waals surface area contributed by atoms with Crippen LogP contribution in [0.5, 0.6) is 0 Å². The predicted octanol–water partition coefficient (Wildman–Crippen LogP) is 1.81. The van der Waals surface area contributed by atoms with Crippen LogP contribution < -0.4 is 0 Å². The minimum Gasteiger partial charge on any atom is -0.376 e. The number of fused-ring (bicyclic) bond motifs is 1. The Bertz CT molecular complexity index is 652. The molecule has 1 atom stereocenters. The predicted molar refractivity (Wildman–Crippen MR) is 92.9 cm³/mol. The SMILES string of the molecule is c1cnc2c(CN3CCCO[C@H](CN4CCCCC4)C3)cnn2c1. The average molecular weight is 329 g/mol. The molecule has 6 nitrogen and oxygen atoms in total. The van der Waals surface area contributed by atoms with Crippen LogP contribution in [-0.4, -0.2) is 69.8 Å². The van der Waals surface area contributed by atoms with Gasteiger partial charge in [-0.15, -0.1) is 0 Å². The van der Waals surface area contributed by atoms with Gasteiger partial charge in [-0.1, -0.05) is 6.42 Å². The molecule has 2 aliphatic rings. The lowest BCUT2D eigenvalue weighted by molar-refractivity contribution is 0.0217. The Morgan fingerprint density at radius 3 is 2.88 bits per heavy atom. The summed E-state index contributed by atoms with van der Waals surface area (Å²) in [6, 6.07) is 1.91. The lowest BCUT2D eigenvalue weighted by atomic mass is 10.1. The Hall–Kier alpha value is -1.50. The van der Waals surface area contributed by atoms with Crippen LogP contribution in [0.25, 0.3) is 5.65 Å². The third kappa shape index (κ3) is 3.77. The number of rotatable bonds is 4. The Kier molecular flexibility index (Phi) is 5.06. The van der Waals surface area contributed by atoms with Gasteiger partial charge in [0.2, 0.25) is 0 Å². The molecule has 24 heavy (non-hydrogen) atoms. The highest BCUT2D eigenvalue weighted by Crippen LogP contribution is 2.16. The van der Waals surface area contributed by atoms with E-state index in [4.69, 9.17) is 4.74 Å². The van der Waals surface area contributed by atoms with Gasteiger partial charge >= 0.3 is 0 Å². The first-order valence-corrected chi connectivity index (χ1v) is 9.22. The van der Waals surface area contributed by atoms with E-state index in [9.17, 15) is 0 Å². The quantitative estimate of drug-likeness (QED) is 0.856. The van der Waals surface area contributed by atoms with Crippen LogP contribution in [0, 0.1) is 0 Å². The first kappa shape index (κ1) is 16.0. The van der Waals surface area contributed by atoms with Gasteiger partial charge in [-0.2, -0.15) is 5.10 Å². The smallest absolute Gasteiger partial charge is 0.159 e. The highest BCUT2D eigenvalue weighted by Gasteiger charge is 2.23. The summed E-state index contributed by atoms with van der Waals surface area (Å²) in [4.78, 5) is 9.56. The number of piperidine rings is 1. The Balaban J connectivity index is 1.40. The van der Waals surface area contributed by atoms with Crippen molar-refractivity contribution in [1.29, 1.82) is 0 Å². The molecule has 4 heterocycles. The van der Waals surface area contributed by atoms with Crippen molar-refractivity contribution < 1.29 is 4.74 Å². The molecule has 130 valence electrons. The number of hydrogen-bond donors (Lipinski definition) is 0. The maximum Gasteiger partial charge on any atom is 0.159 e. The van der Waals surface area contributed by atoms with E-state index in [2.05, 4.69) is 19.9 Å². The molecule has 2 saturated heterocycles. The summed E-state index contributed by atoms with van der Waals surface area (Å²) in [5.41, 5.74) is 2.17. The average Bonchev–Trinajstić information content (AvgIpc) is 2.89. The number of nitrogens with zero attached hydrogens (tertiary/aromatic N) is 5. The molecule has 2 fully saturated rings. The van der Waals surface area contributed by atoms with E-state index >= 15 is 0 Å². The van der Waals surface area contributed by atoms with Gasteiger partial charge in [-0.05, 0) is 38.4 Å². The van der Waals surface area contributed by atoms with Crippen LogP contribution in [0.2, 0.25) is 0 Å². The molecule has 0 aliphatic carbocycles. The summed E-state index contributed by atoms with van der Waals surface area (Å²) in [5, 5.41) is 4.41. The summed E-state index contributed by atoms with van der Waals surface area (Å²) in [6.45, 7) is 7.41. The fourth-order valence-electron chi connectivity index (χ4n) is 3.88. The van der Waals surface area contributed by atoms with Crippen LogP contribution in [0.15, 0.2) is 24.7 Å². The van der Waals surface area contributed by atoms with Crippen molar-refractivity contribution in [3.8, 4) is 0 Å². The molecule has 6 heteroatoms. The fraction of sp³-hybridized carbons (Fsp3) is 0.667. The van der Waals surface area contributed by atoms with Gasteiger partial charge in [0.15, 0.2) is 5.65 Å². The second kappa shape index (κ2) is 7.59. The van der Waals surface area contributed by atoms with Crippen molar-refractivity contribution in [3.05, 3.63) is 30.2 Å². The van der Waals surface area contributed by atoms with Crippen molar-refractivity contribution in [3.63, 3.8) is 0 Å². The zero-order valence-corrected chi connectivity index (χ0v) is 14.3. The molecule has 0 saturated carbocycles. The van der Waals surface area contributed by atoms with E-state index in [0.717, 1.165) is 44.9 Å². The van der Waals surface area contributed by atoms with Gasteiger partial charge in [-0.25, -0.2) is 9.50 Å². The summed E-state index contributed by atoms with van der Waals surface area (Å²) in [7, 11) is 0. The number of ether oxygens (including phenoxy) is 1. The molecule has 4 rings (SSSR count). The monoisotopic (exact) mass is 329 g/mol. The van der Waals surface area contributed by atoms with E-state index in [-0.39, 0.29) is 0 Å². The van der Waals surface area contributed by atoms with E-state index < -0.39 is 0 Å². The van der Waals surface area contributed by atoms with Gasteiger partial charge in [-0.3, -0.25) is 4.90 Å². The molecule has 0 radical (unpaired) electrons.